The molecule has 0 bridgehead atoms. The summed E-state index contributed by atoms with van der Waals surface area (Å²) in [6.07, 6.45) is -3.57. The van der Waals surface area contributed by atoms with Crippen molar-refractivity contribution in [3.05, 3.63) is 70.8 Å². The van der Waals surface area contributed by atoms with Crippen molar-refractivity contribution in [1.29, 1.82) is 0 Å². The highest BCUT2D eigenvalue weighted by Gasteiger charge is 2.35. The molecule has 0 saturated carbocycles. The summed E-state index contributed by atoms with van der Waals surface area (Å²) in [6, 6.07) is 12.9. The maximum absolute atomic E-state index is 13.2. The molecule has 0 amide bonds. The summed E-state index contributed by atoms with van der Waals surface area (Å²) in [5.74, 6) is 0. The summed E-state index contributed by atoms with van der Waals surface area (Å²) in [7, 11) is 1.68. The quantitative estimate of drug-likeness (QED) is 0.870. The van der Waals surface area contributed by atoms with Crippen LogP contribution in [0.5, 0.6) is 0 Å². The smallest absolute Gasteiger partial charge is 0.309 e. The topological polar surface area (TPSA) is 12.0 Å². The van der Waals surface area contributed by atoms with Crippen molar-refractivity contribution in [3.8, 4) is 0 Å². The van der Waals surface area contributed by atoms with Crippen LogP contribution in [0.1, 0.15) is 35.2 Å². The van der Waals surface area contributed by atoms with Crippen molar-refractivity contribution in [2.75, 3.05) is 7.05 Å². The molecule has 0 aliphatic heterocycles. The second kappa shape index (κ2) is 6.31. The van der Waals surface area contributed by atoms with Crippen LogP contribution in [0.25, 0.3) is 0 Å². The van der Waals surface area contributed by atoms with E-state index in [1.165, 1.54) is 12.1 Å². The van der Waals surface area contributed by atoms with Gasteiger partial charge < -0.3 is 5.32 Å². The molecule has 1 atom stereocenters. The van der Waals surface area contributed by atoms with Crippen molar-refractivity contribution in [2.45, 2.75) is 25.6 Å². The molecule has 1 unspecified atom stereocenters. The minimum Gasteiger partial charge on any atom is -0.309 e. The summed E-state index contributed by atoms with van der Waals surface area (Å²) in [5, 5.41) is 3.02. The van der Waals surface area contributed by atoms with Crippen LogP contribution >= 0.6 is 0 Å². The molecule has 0 aliphatic carbocycles. The van der Waals surface area contributed by atoms with E-state index >= 15 is 0 Å². The molecule has 1 nitrogen and oxygen atoms in total. The van der Waals surface area contributed by atoms with Gasteiger partial charge in [-0.25, -0.2) is 0 Å². The van der Waals surface area contributed by atoms with Crippen LogP contribution in [0.4, 0.5) is 13.2 Å². The van der Waals surface area contributed by atoms with Crippen LogP contribution < -0.4 is 5.32 Å². The van der Waals surface area contributed by atoms with Gasteiger partial charge in [0.25, 0.3) is 0 Å². The molecule has 0 spiro atoms. The molecular weight excluding hydrogens is 275 g/mol. The van der Waals surface area contributed by atoms with Gasteiger partial charge in [0.1, 0.15) is 0 Å². The molecule has 0 saturated heterocycles. The number of rotatable bonds is 4. The highest BCUT2D eigenvalue weighted by molar-refractivity contribution is 5.42. The largest absolute Gasteiger partial charge is 0.416 e. The molecule has 4 heteroatoms. The lowest BCUT2D eigenvalue weighted by molar-refractivity contribution is -0.138. The van der Waals surface area contributed by atoms with Crippen molar-refractivity contribution >= 4 is 0 Å². The predicted molar refractivity (Wildman–Crippen MR) is 78.2 cm³/mol. The summed E-state index contributed by atoms with van der Waals surface area (Å²) in [6.45, 7) is 2.00. The van der Waals surface area contributed by atoms with Crippen molar-refractivity contribution in [2.24, 2.45) is 0 Å². The molecule has 2 aromatic carbocycles. The van der Waals surface area contributed by atoms with E-state index in [9.17, 15) is 13.2 Å². The van der Waals surface area contributed by atoms with E-state index in [1.807, 2.05) is 31.2 Å². The van der Waals surface area contributed by atoms with Gasteiger partial charge >= 0.3 is 6.18 Å². The minimum absolute atomic E-state index is 0.258. The Morgan fingerprint density at radius 1 is 0.952 bits per heavy atom. The maximum atomic E-state index is 13.2. The van der Waals surface area contributed by atoms with E-state index in [2.05, 4.69) is 5.32 Å². The molecular formula is C17H18F3N. The normalized spacial score (nSPS) is 13.2. The average molecular weight is 293 g/mol. The molecule has 21 heavy (non-hydrogen) atoms. The summed E-state index contributed by atoms with van der Waals surface area (Å²) in [4.78, 5) is 0. The number of halogens is 3. The Balaban J connectivity index is 2.58. The number of nitrogens with one attached hydrogen (secondary N) is 1. The Labute approximate surface area is 122 Å². The number of benzene rings is 2. The Bertz CT molecular complexity index is 605. The van der Waals surface area contributed by atoms with Gasteiger partial charge in [-0.1, -0.05) is 49.4 Å². The van der Waals surface area contributed by atoms with Crippen molar-refractivity contribution < 1.29 is 13.2 Å². The van der Waals surface area contributed by atoms with Crippen LogP contribution in [0, 0.1) is 0 Å². The third kappa shape index (κ3) is 3.27. The molecule has 0 heterocycles. The molecule has 1 N–H and O–H groups in total. The second-order valence-corrected chi connectivity index (χ2v) is 4.86. The third-order valence-corrected chi connectivity index (χ3v) is 3.61. The Hall–Kier alpha value is -1.81. The zero-order valence-corrected chi connectivity index (χ0v) is 12.0. The van der Waals surface area contributed by atoms with Crippen LogP contribution in [0.3, 0.4) is 0 Å². The van der Waals surface area contributed by atoms with E-state index in [-0.39, 0.29) is 5.56 Å². The number of hydrogen-bond donors (Lipinski definition) is 1. The molecule has 0 radical (unpaired) electrons. The first-order valence-electron chi connectivity index (χ1n) is 6.90. The van der Waals surface area contributed by atoms with Gasteiger partial charge in [0.2, 0.25) is 0 Å². The van der Waals surface area contributed by atoms with Gasteiger partial charge in [-0.2, -0.15) is 13.2 Å². The average Bonchev–Trinajstić information content (AvgIpc) is 2.48. The Morgan fingerprint density at radius 3 is 2.10 bits per heavy atom. The van der Waals surface area contributed by atoms with Crippen molar-refractivity contribution in [3.63, 3.8) is 0 Å². The van der Waals surface area contributed by atoms with E-state index in [0.29, 0.717) is 0 Å². The first kappa shape index (κ1) is 15.6. The molecule has 2 rings (SSSR count). The zero-order valence-electron chi connectivity index (χ0n) is 12.0. The van der Waals surface area contributed by atoms with Gasteiger partial charge in [-0.05, 0) is 36.2 Å². The number of hydrogen-bond acceptors (Lipinski definition) is 1. The molecule has 0 aliphatic rings. The molecule has 0 aromatic heterocycles. The van der Waals surface area contributed by atoms with Gasteiger partial charge in [-0.15, -0.1) is 0 Å². The summed E-state index contributed by atoms with van der Waals surface area (Å²) < 4.78 is 39.6. The SMILES string of the molecule is CCc1ccccc1C(NC)c1ccccc1C(F)(F)F. The highest BCUT2D eigenvalue weighted by Crippen LogP contribution is 2.37. The lowest BCUT2D eigenvalue weighted by Crippen LogP contribution is -2.23. The molecule has 0 fully saturated rings. The highest BCUT2D eigenvalue weighted by atomic mass is 19.4. The fourth-order valence-corrected chi connectivity index (χ4v) is 2.62. The Morgan fingerprint density at radius 2 is 1.52 bits per heavy atom. The van der Waals surface area contributed by atoms with Gasteiger partial charge in [0, 0.05) is 0 Å². The third-order valence-electron chi connectivity index (χ3n) is 3.61. The van der Waals surface area contributed by atoms with Crippen LogP contribution in [-0.2, 0) is 12.6 Å². The van der Waals surface area contributed by atoms with Crippen LogP contribution in [-0.4, -0.2) is 7.05 Å². The van der Waals surface area contributed by atoms with Gasteiger partial charge in [0.05, 0.1) is 11.6 Å². The van der Waals surface area contributed by atoms with Crippen molar-refractivity contribution in [1.82, 2.24) is 5.32 Å². The first-order chi connectivity index (χ1) is 9.99. The monoisotopic (exact) mass is 293 g/mol. The van der Waals surface area contributed by atoms with Crippen LogP contribution in [0.15, 0.2) is 48.5 Å². The lowest BCUT2D eigenvalue weighted by atomic mass is 9.90. The van der Waals surface area contributed by atoms with E-state index in [0.717, 1.165) is 23.6 Å². The maximum Gasteiger partial charge on any atom is 0.416 e. The van der Waals surface area contributed by atoms with E-state index in [4.69, 9.17) is 0 Å². The Kier molecular flexibility index (Phi) is 4.68. The fourth-order valence-electron chi connectivity index (χ4n) is 2.62. The standard InChI is InChI=1S/C17H18F3N/c1-3-12-8-4-5-9-13(12)16(21-2)14-10-6-7-11-15(14)17(18,19)20/h4-11,16,21H,3H2,1-2H3. The first-order valence-corrected chi connectivity index (χ1v) is 6.90. The summed E-state index contributed by atoms with van der Waals surface area (Å²) in [5.41, 5.74) is 1.61. The lowest BCUT2D eigenvalue weighted by Gasteiger charge is -2.23. The van der Waals surface area contributed by atoms with E-state index < -0.39 is 17.8 Å². The number of alkyl halides is 3. The molecule has 2 aromatic rings. The summed E-state index contributed by atoms with van der Waals surface area (Å²) >= 11 is 0. The zero-order chi connectivity index (χ0) is 15.5. The second-order valence-electron chi connectivity index (χ2n) is 4.86. The minimum atomic E-state index is -4.35. The van der Waals surface area contributed by atoms with Crippen LogP contribution in [0.2, 0.25) is 0 Å². The number of aryl methyl sites for hydroxylation is 1. The fraction of sp³-hybridized carbons (Fsp3) is 0.294. The van der Waals surface area contributed by atoms with E-state index in [1.54, 1.807) is 13.1 Å². The van der Waals surface area contributed by atoms with Gasteiger partial charge in [0.15, 0.2) is 0 Å². The molecule has 112 valence electrons. The predicted octanol–water partition coefficient (Wildman–Crippen LogP) is 4.58. The van der Waals surface area contributed by atoms with Gasteiger partial charge in [-0.3, -0.25) is 0 Å².